The van der Waals surface area contributed by atoms with Crippen LogP contribution < -0.4 is 10.6 Å². The number of hydrogen-bond acceptors (Lipinski definition) is 4. The summed E-state index contributed by atoms with van der Waals surface area (Å²) in [5.74, 6) is 0.703. The molecule has 1 atom stereocenters. The van der Waals surface area contributed by atoms with Gasteiger partial charge < -0.3 is 19.9 Å². The molecule has 23 heavy (non-hydrogen) atoms. The molecule has 0 radical (unpaired) electrons. The van der Waals surface area contributed by atoms with Crippen molar-refractivity contribution in [1.82, 2.24) is 15.8 Å². The third-order valence-corrected chi connectivity index (χ3v) is 3.77. The summed E-state index contributed by atoms with van der Waals surface area (Å²) in [5, 5.41) is 10.2. The minimum absolute atomic E-state index is 0.262. The maximum absolute atomic E-state index is 12.1. The molecule has 6 nitrogen and oxygen atoms in total. The minimum atomic E-state index is -0.290. The summed E-state index contributed by atoms with van der Waals surface area (Å²) in [5.41, 5.74) is 2.58. The molecule has 0 fully saturated rings. The van der Waals surface area contributed by atoms with Crippen LogP contribution in [0.5, 0.6) is 0 Å². The molecular formula is C16H20ClN3O3. The zero-order valence-electron chi connectivity index (χ0n) is 13.4. The number of carbonyl (C=O) groups excluding carboxylic acids is 1. The molecule has 1 heterocycles. The third-order valence-electron chi connectivity index (χ3n) is 3.52. The second-order valence-electron chi connectivity index (χ2n) is 5.19. The fourth-order valence-corrected chi connectivity index (χ4v) is 2.34. The number of halogens is 1. The number of ether oxygens (including phenoxy) is 1. The first-order chi connectivity index (χ1) is 11.0. The fourth-order valence-electron chi connectivity index (χ4n) is 2.22. The van der Waals surface area contributed by atoms with Gasteiger partial charge in [0.2, 0.25) is 0 Å². The van der Waals surface area contributed by atoms with Crippen LogP contribution in [0.3, 0.4) is 0 Å². The van der Waals surface area contributed by atoms with E-state index in [1.807, 2.05) is 26.0 Å². The highest BCUT2D eigenvalue weighted by Crippen LogP contribution is 2.17. The molecule has 2 aromatic rings. The molecule has 1 aromatic heterocycles. The Kier molecular flexibility index (Phi) is 6.01. The smallest absolute Gasteiger partial charge is 0.315 e. The summed E-state index contributed by atoms with van der Waals surface area (Å²) >= 11 is 5.89. The van der Waals surface area contributed by atoms with E-state index in [4.69, 9.17) is 20.9 Å². The molecule has 0 aliphatic rings. The predicted octanol–water partition coefficient (Wildman–Crippen LogP) is 3.13. The lowest BCUT2D eigenvalue weighted by molar-refractivity contribution is 0.166. The zero-order chi connectivity index (χ0) is 16.8. The highest BCUT2D eigenvalue weighted by atomic mass is 35.5. The van der Waals surface area contributed by atoms with Crippen LogP contribution in [-0.4, -0.2) is 24.9 Å². The van der Waals surface area contributed by atoms with Gasteiger partial charge in [-0.3, -0.25) is 0 Å². The van der Waals surface area contributed by atoms with Crippen LogP contribution in [0, 0.1) is 13.8 Å². The van der Waals surface area contributed by atoms with Crippen LogP contribution in [0.15, 0.2) is 28.8 Å². The largest absolute Gasteiger partial charge is 0.382 e. The van der Waals surface area contributed by atoms with E-state index in [1.54, 1.807) is 19.2 Å². The van der Waals surface area contributed by atoms with Crippen LogP contribution in [0.2, 0.25) is 5.02 Å². The van der Waals surface area contributed by atoms with Crippen molar-refractivity contribution in [2.75, 3.05) is 13.7 Å². The highest BCUT2D eigenvalue weighted by Gasteiger charge is 2.16. The Labute approximate surface area is 140 Å². The average Bonchev–Trinajstić information content (AvgIpc) is 2.84. The van der Waals surface area contributed by atoms with E-state index in [9.17, 15) is 4.79 Å². The Morgan fingerprint density at radius 3 is 2.61 bits per heavy atom. The summed E-state index contributed by atoms with van der Waals surface area (Å²) in [6, 6.07) is 6.73. The van der Waals surface area contributed by atoms with Crippen molar-refractivity contribution in [2.24, 2.45) is 0 Å². The lowest BCUT2D eigenvalue weighted by Gasteiger charge is -2.19. The SMILES string of the molecule is COC[C@@H](NC(=O)NCc1c(C)noc1C)c1ccc(Cl)cc1. The molecule has 124 valence electrons. The van der Waals surface area contributed by atoms with E-state index < -0.39 is 0 Å². The quantitative estimate of drug-likeness (QED) is 0.849. The van der Waals surface area contributed by atoms with Gasteiger partial charge in [0.25, 0.3) is 0 Å². The number of rotatable bonds is 6. The number of aromatic nitrogens is 1. The molecule has 2 rings (SSSR count). The molecule has 0 spiro atoms. The van der Waals surface area contributed by atoms with E-state index in [1.165, 1.54) is 0 Å². The minimum Gasteiger partial charge on any atom is -0.382 e. The number of hydrogen-bond donors (Lipinski definition) is 2. The average molecular weight is 338 g/mol. The zero-order valence-corrected chi connectivity index (χ0v) is 14.1. The van der Waals surface area contributed by atoms with Gasteiger partial charge in [-0.05, 0) is 31.5 Å². The van der Waals surface area contributed by atoms with Crippen molar-refractivity contribution in [1.29, 1.82) is 0 Å². The van der Waals surface area contributed by atoms with E-state index in [2.05, 4.69) is 15.8 Å². The van der Waals surface area contributed by atoms with Gasteiger partial charge in [-0.2, -0.15) is 0 Å². The number of carbonyl (C=O) groups is 1. The Hall–Kier alpha value is -2.05. The molecule has 0 aliphatic carbocycles. The van der Waals surface area contributed by atoms with Gasteiger partial charge in [-0.1, -0.05) is 28.9 Å². The Balaban J connectivity index is 1.96. The number of amides is 2. The second-order valence-corrected chi connectivity index (χ2v) is 5.63. The summed E-state index contributed by atoms with van der Waals surface area (Å²) in [7, 11) is 1.59. The fraction of sp³-hybridized carbons (Fsp3) is 0.375. The monoisotopic (exact) mass is 337 g/mol. The van der Waals surface area contributed by atoms with Gasteiger partial charge in [-0.25, -0.2) is 4.79 Å². The van der Waals surface area contributed by atoms with Crippen molar-refractivity contribution in [3.05, 3.63) is 51.9 Å². The van der Waals surface area contributed by atoms with Gasteiger partial charge in [0, 0.05) is 24.2 Å². The first-order valence-electron chi connectivity index (χ1n) is 7.21. The Morgan fingerprint density at radius 1 is 1.35 bits per heavy atom. The maximum Gasteiger partial charge on any atom is 0.315 e. The van der Waals surface area contributed by atoms with Gasteiger partial charge in [0.1, 0.15) is 5.76 Å². The van der Waals surface area contributed by atoms with Crippen LogP contribution in [0.25, 0.3) is 0 Å². The normalized spacial score (nSPS) is 12.0. The van der Waals surface area contributed by atoms with Gasteiger partial charge >= 0.3 is 6.03 Å². The molecule has 2 N–H and O–H groups in total. The number of nitrogens with one attached hydrogen (secondary N) is 2. The molecule has 0 aliphatic heterocycles. The molecule has 0 bridgehead atoms. The molecule has 0 unspecified atom stereocenters. The first kappa shape index (κ1) is 17.3. The summed E-state index contributed by atoms with van der Waals surface area (Å²) in [4.78, 5) is 12.1. The van der Waals surface area contributed by atoms with Crippen LogP contribution in [0.4, 0.5) is 4.79 Å². The highest BCUT2D eigenvalue weighted by molar-refractivity contribution is 6.30. The van der Waals surface area contributed by atoms with Crippen LogP contribution in [0.1, 0.15) is 28.6 Å². The number of nitrogens with zero attached hydrogens (tertiary/aromatic N) is 1. The van der Waals surface area contributed by atoms with Crippen LogP contribution >= 0.6 is 11.6 Å². The Bertz CT molecular complexity index is 636. The maximum atomic E-state index is 12.1. The molecular weight excluding hydrogens is 318 g/mol. The molecule has 7 heteroatoms. The van der Waals surface area contributed by atoms with Crippen molar-refractivity contribution in [2.45, 2.75) is 26.4 Å². The second kappa shape index (κ2) is 7.99. The van der Waals surface area contributed by atoms with Crippen molar-refractivity contribution < 1.29 is 14.1 Å². The molecule has 1 aromatic carbocycles. The molecule has 0 saturated heterocycles. The number of aryl methyl sites for hydroxylation is 2. The number of urea groups is 1. The predicted molar refractivity (Wildman–Crippen MR) is 87.4 cm³/mol. The van der Waals surface area contributed by atoms with Crippen molar-refractivity contribution in [3.63, 3.8) is 0 Å². The van der Waals surface area contributed by atoms with E-state index in [-0.39, 0.29) is 12.1 Å². The topological polar surface area (TPSA) is 76.4 Å². The lowest BCUT2D eigenvalue weighted by atomic mass is 10.1. The van der Waals surface area contributed by atoms with E-state index in [0.717, 1.165) is 16.8 Å². The number of benzene rings is 1. The summed E-state index contributed by atoms with van der Waals surface area (Å²) in [6.45, 7) is 4.37. The molecule has 2 amide bonds. The lowest BCUT2D eigenvalue weighted by Crippen LogP contribution is -2.39. The van der Waals surface area contributed by atoms with Gasteiger partial charge in [0.05, 0.1) is 18.3 Å². The van der Waals surface area contributed by atoms with E-state index >= 15 is 0 Å². The van der Waals surface area contributed by atoms with Crippen LogP contribution in [-0.2, 0) is 11.3 Å². The van der Waals surface area contributed by atoms with Gasteiger partial charge in [-0.15, -0.1) is 0 Å². The summed E-state index contributed by atoms with van der Waals surface area (Å²) < 4.78 is 10.3. The van der Waals surface area contributed by atoms with Crippen molar-refractivity contribution >= 4 is 17.6 Å². The molecule has 0 saturated carbocycles. The third kappa shape index (κ3) is 4.71. The first-order valence-corrected chi connectivity index (χ1v) is 7.59. The standard InChI is InChI=1S/C16H20ClN3O3/c1-10-14(11(2)23-20-10)8-18-16(21)19-15(9-22-3)12-4-6-13(17)7-5-12/h4-7,15H,8-9H2,1-3H3,(H2,18,19,21)/t15-/m1/s1. The van der Waals surface area contributed by atoms with E-state index in [0.29, 0.717) is 23.9 Å². The van der Waals surface area contributed by atoms with Crippen molar-refractivity contribution in [3.8, 4) is 0 Å². The van der Waals surface area contributed by atoms with Gasteiger partial charge in [0.15, 0.2) is 0 Å². The summed E-state index contributed by atoms with van der Waals surface area (Å²) in [6.07, 6.45) is 0. The Morgan fingerprint density at radius 2 is 2.04 bits per heavy atom. The number of methoxy groups -OCH3 is 1.